The van der Waals surface area contributed by atoms with Crippen LogP contribution in [0.2, 0.25) is 0 Å². The smallest absolute Gasteiger partial charge is 0.0886 e. The van der Waals surface area contributed by atoms with Gasteiger partial charge in [-0.05, 0) is 24.3 Å². The van der Waals surface area contributed by atoms with Crippen molar-refractivity contribution >= 4 is 0 Å². The molecule has 69 valence electrons. The first kappa shape index (κ1) is 10.1. The molecule has 2 nitrogen and oxygen atoms in total. The molecule has 0 aliphatic carbocycles. The van der Waals surface area contributed by atoms with Gasteiger partial charge in [-0.15, -0.1) is 0 Å². The molecule has 13 heavy (non-hydrogen) atoms. The third-order valence-corrected chi connectivity index (χ3v) is 1.59. The fourth-order valence-electron chi connectivity index (χ4n) is 1.03. The summed E-state index contributed by atoms with van der Waals surface area (Å²) in [5.41, 5.74) is 1.83. The van der Waals surface area contributed by atoms with E-state index in [0.717, 1.165) is 11.4 Å². The van der Waals surface area contributed by atoms with Crippen LogP contribution >= 0.6 is 0 Å². The van der Waals surface area contributed by atoms with Crippen LogP contribution in [0.5, 0.6) is 0 Å². The van der Waals surface area contributed by atoms with Crippen LogP contribution in [0.25, 0.3) is 11.4 Å². The van der Waals surface area contributed by atoms with Crippen molar-refractivity contribution in [3.8, 4) is 11.4 Å². The normalized spacial score (nSPS) is 8.92. The van der Waals surface area contributed by atoms with Crippen molar-refractivity contribution in [2.24, 2.45) is 0 Å². The molecule has 0 atom stereocenters. The SMILES string of the molecule is [Ag].c1ccc(-c2ccccn2)nc1. The summed E-state index contributed by atoms with van der Waals surface area (Å²) < 4.78 is 0. The van der Waals surface area contributed by atoms with Gasteiger partial charge in [0.15, 0.2) is 0 Å². The van der Waals surface area contributed by atoms with E-state index in [4.69, 9.17) is 0 Å². The Kier molecular flexibility index (Phi) is 3.83. The second-order valence-electron chi connectivity index (χ2n) is 2.43. The summed E-state index contributed by atoms with van der Waals surface area (Å²) in [6.07, 6.45) is 3.54. The van der Waals surface area contributed by atoms with E-state index in [0.29, 0.717) is 0 Å². The van der Waals surface area contributed by atoms with E-state index in [-0.39, 0.29) is 22.4 Å². The molecule has 0 aromatic carbocycles. The van der Waals surface area contributed by atoms with E-state index in [9.17, 15) is 0 Å². The Morgan fingerprint density at radius 2 is 1.15 bits per heavy atom. The second kappa shape index (κ2) is 4.92. The van der Waals surface area contributed by atoms with E-state index in [1.807, 2.05) is 36.4 Å². The molecular formula is C10H8AgN2. The van der Waals surface area contributed by atoms with Gasteiger partial charge in [0.25, 0.3) is 0 Å². The molecule has 0 saturated heterocycles. The third-order valence-electron chi connectivity index (χ3n) is 1.59. The standard InChI is InChI=1S/C10H8N2.Ag/c1-3-7-11-9(5-1)10-6-2-4-8-12-10;/h1-8H;. The van der Waals surface area contributed by atoms with Gasteiger partial charge in [0, 0.05) is 34.8 Å². The molecule has 2 aromatic rings. The first-order valence-electron chi connectivity index (χ1n) is 3.79. The number of hydrogen-bond acceptors (Lipinski definition) is 2. The fraction of sp³-hybridized carbons (Fsp3) is 0. The quantitative estimate of drug-likeness (QED) is 0.737. The number of nitrogens with zero attached hydrogens (tertiary/aromatic N) is 2. The molecule has 1 radical (unpaired) electrons. The molecule has 0 unspecified atom stereocenters. The van der Waals surface area contributed by atoms with Crippen molar-refractivity contribution in [2.45, 2.75) is 0 Å². The molecule has 0 bridgehead atoms. The Bertz CT molecular complexity index is 310. The minimum Gasteiger partial charge on any atom is -0.255 e. The van der Waals surface area contributed by atoms with Crippen LogP contribution in [-0.4, -0.2) is 9.97 Å². The molecular weight excluding hydrogens is 256 g/mol. The van der Waals surface area contributed by atoms with Crippen LogP contribution in [0.4, 0.5) is 0 Å². The van der Waals surface area contributed by atoms with Crippen LogP contribution in [-0.2, 0) is 22.4 Å². The van der Waals surface area contributed by atoms with E-state index in [1.165, 1.54) is 0 Å². The minimum atomic E-state index is 0. The topological polar surface area (TPSA) is 25.8 Å². The zero-order chi connectivity index (χ0) is 8.23. The molecule has 0 fully saturated rings. The molecule has 0 N–H and O–H groups in total. The Labute approximate surface area is 92.6 Å². The Balaban J connectivity index is 0.000000845. The predicted octanol–water partition coefficient (Wildman–Crippen LogP) is 2.14. The molecule has 0 amide bonds. The van der Waals surface area contributed by atoms with Gasteiger partial charge in [0.1, 0.15) is 0 Å². The van der Waals surface area contributed by atoms with Gasteiger partial charge in [-0.25, -0.2) is 0 Å². The fourth-order valence-corrected chi connectivity index (χ4v) is 1.03. The number of aromatic nitrogens is 2. The van der Waals surface area contributed by atoms with Gasteiger partial charge in [0.2, 0.25) is 0 Å². The molecule has 2 heterocycles. The zero-order valence-electron chi connectivity index (χ0n) is 6.81. The van der Waals surface area contributed by atoms with Crippen molar-refractivity contribution in [1.29, 1.82) is 0 Å². The van der Waals surface area contributed by atoms with Gasteiger partial charge in [-0.3, -0.25) is 9.97 Å². The van der Waals surface area contributed by atoms with Crippen molar-refractivity contribution < 1.29 is 22.4 Å². The summed E-state index contributed by atoms with van der Waals surface area (Å²) in [6, 6.07) is 11.6. The molecule has 0 aliphatic rings. The first-order valence-corrected chi connectivity index (χ1v) is 3.79. The van der Waals surface area contributed by atoms with Crippen LogP contribution in [0.3, 0.4) is 0 Å². The maximum absolute atomic E-state index is 4.19. The Hall–Kier alpha value is -0.960. The van der Waals surface area contributed by atoms with Crippen LogP contribution < -0.4 is 0 Å². The van der Waals surface area contributed by atoms with Crippen molar-refractivity contribution in [3.63, 3.8) is 0 Å². The van der Waals surface area contributed by atoms with E-state index >= 15 is 0 Å². The maximum atomic E-state index is 4.19. The van der Waals surface area contributed by atoms with Gasteiger partial charge in [-0.2, -0.15) is 0 Å². The molecule has 2 aromatic heterocycles. The Morgan fingerprint density at radius 1 is 0.692 bits per heavy atom. The average molecular weight is 264 g/mol. The summed E-state index contributed by atoms with van der Waals surface area (Å²) in [7, 11) is 0. The first-order chi connectivity index (χ1) is 5.97. The third kappa shape index (κ3) is 2.49. The second-order valence-corrected chi connectivity index (χ2v) is 2.43. The van der Waals surface area contributed by atoms with Crippen molar-refractivity contribution in [2.75, 3.05) is 0 Å². The average Bonchev–Trinajstić information content (AvgIpc) is 2.21. The molecule has 3 heteroatoms. The van der Waals surface area contributed by atoms with Crippen molar-refractivity contribution in [3.05, 3.63) is 48.8 Å². The maximum Gasteiger partial charge on any atom is 0.0886 e. The molecule has 0 aliphatic heterocycles. The summed E-state index contributed by atoms with van der Waals surface area (Å²) in [6.45, 7) is 0. The van der Waals surface area contributed by atoms with Gasteiger partial charge < -0.3 is 0 Å². The van der Waals surface area contributed by atoms with E-state index in [2.05, 4.69) is 9.97 Å². The monoisotopic (exact) mass is 263 g/mol. The molecule has 2 rings (SSSR count). The number of hydrogen-bond donors (Lipinski definition) is 0. The Morgan fingerprint density at radius 3 is 1.46 bits per heavy atom. The van der Waals surface area contributed by atoms with E-state index < -0.39 is 0 Å². The summed E-state index contributed by atoms with van der Waals surface area (Å²) in [4.78, 5) is 8.37. The summed E-state index contributed by atoms with van der Waals surface area (Å²) in [5.74, 6) is 0. The summed E-state index contributed by atoms with van der Waals surface area (Å²) >= 11 is 0. The van der Waals surface area contributed by atoms with E-state index in [1.54, 1.807) is 12.4 Å². The van der Waals surface area contributed by atoms with Crippen LogP contribution in [0.1, 0.15) is 0 Å². The number of pyridine rings is 2. The van der Waals surface area contributed by atoms with Gasteiger partial charge >= 0.3 is 0 Å². The van der Waals surface area contributed by atoms with Crippen LogP contribution in [0, 0.1) is 0 Å². The molecule has 0 spiro atoms. The zero-order valence-corrected chi connectivity index (χ0v) is 8.30. The van der Waals surface area contributed by atoms with Crippen LogP contribution in [0.15, 0.2) is 48.8 Å². The van der Waals surface area contributed by atoms with Gasteiger partial charge in [0.05, 0.1) is 11.4 Å². The number of rotatable bonds is 1. The molecule has 0 saturated carbocycles. The summed E-state index contributed by atoms with van der Waals surface area (Å²) in [5, 5.41) is 0. The van der Waals surface area contributed by atoms with Crippen molar-refractivity contribution in [1.82, 2.24) is 9.97 Å². The van der Waals surface area contributed by atoms with Gasteiger partial charge in [-0.1, -0.05) is 12.1 Å². The largest absolute Gasteiger partial charge is 0.255 e. The predicted molar refractivity (Wildman–Crippen MR) is 47.5 cm³/mol. The minimum absolute atomic E-state index is 0.